The van der Waals surface area contributed by atoms with E-state index >= 15 is 0 Å². The van der Waals surface area contributed by atoms with Crippen molar-refractivity contribution in [3.8, 4) is 11.3 Å². The molecule has 0 saturated heterocycles. The molecular formula is C18H16N3O3SSi. The summed E-state index contributed by atoms with van der Waals surface area (Å²) in [6, 6.07) is 18.2. The summed E-state index contributed by atoms with van der Waals surface area (Å²) >= 11 is 1.29. The van der Waals surface area contributed by atoms with Gasteiger partial charge in [0.25, 0.3) is 0 Å². The number of aliphatic hydroxyl groups excluding tert-OH is 1. The summed E-state index contributed by atoms with van der Waals surface area (Å²) in [5, 5.41) is 14.5. The van der Waals surface area contributed by atoms with Gasteiger partial charge in [0.2, 0.25) is 11.4 Å². The number of amides is 2. The second-order valence-electron chi connectivity index (χ2n) is 5.31. The Balaban J connectivity index is 1.64. The molecule has 0 unspecified atom stereocenters. The van der Waals surface area contributed by atoms with Crippen molar-refractivity contribution < 1.29 is 14.7 Å². The minimum Gasteiger partial charge on any atom is -0.397 e. The third-order valence-electron chi connectivity index (χ3n) is 3.53. The third kappa shape index (κ3) is 4.42. The van der Waals surface area contributed by atoms with Crippen molar-refractivity contribution in [2.45, 2.75) is 0 Å². The van der Waals surface area contributed by atoms with Crippen LogP contribution in [0.2, 0.25) is 0 Å². The fourth-order valence-electron chi connectivity index (χ4n) is 2.21. The van der Waals surface area contributed by atoms with Gasteiger partial charge in [-0.2, -0.15) is 0 Å². The molecule has 0 aliphatic heterocycles. The Labute approximate surface area is 156 Å². The Morgan fingerprint density at radius 3 is 2.35 bits per heavy atom. The van der Waals surface area contributed by atoms with Gasteiger partial charge in [-0.05, 0) is 12.1 Å². The van der Waals surface area contributed by atoms with Gasteiger partial charge in [-0.25, -0.2) is 4.98 Å². The van der Waals surface area contributed by atoms with Crippen LogP contribution in [0.4, 0.5) is 9.93 Å². The number of aliphatic hydroxyl groups is 1. The zero-order valence-electron chi connectivity index (χ0n) is 13.7. The van der Waals surface area contributed by atoms with Crippen LogP contribution >= 0.6 is 11.3 Å². The first-order valence-electron chi connectivity index (χ1n) is 7.83. The van der Waals surface area contributed by atoms with E-state index in [0.717, 1.165) is 11.3 Å². The van der Waals surface area contributed by atoms with E-state index in [4.69, 9.17) is 0 Å². The van der Waals surface area contributed by atoms with E-state index < -0.39 is 20.7 Å². The summed E-state index contributed by atoms with van der Waals surface area (Å²) in [6.07, 6.45) is -0.411. The highest BCUT2D eigenvalue weighted by Gasteiger charge is 2.25. The van der Waals surface area contributed by atoms with Crippen molar-refractivity contribution in [2.24, 2.45) is 0 Å². The van der Waals surface area contributed by atoms with Gasteiger partial charge in [0.05, 0.1) is 11.9 Å². The number of rotatable bonds is 6. The van der Waals surface area contributed by atoms with Crippen molar-refractivity contribution >= 4 is 36.9 Å². The van der Waals surface area contributed by atoms with Gasteiger partial charge in [-0.15, -0.1) is 11.3 Å². The van der Waals surface area contributed by atoms with Gasteiger partial charge in [0, 0.05) is 16.5 Å². The van der Waals surface area contributed by atoms with Crippen LogP contribution in [0, 0.1) is 0 Å². The molecule has 0 atom stereocenters. The number of benzene rings is 2. The minimum atomic E-state index is -2.19. The first-order valence-corrected chi connectivity index (χ1v) is 10.4. The lowest BCUT2D eigenvalue weighted by molar-refractivity contribution is 0.0977. The molecule has 1 radical (unpaired) electrons. The Bertz CT molecular complexity index is 887. The molecule has 26 heavy (non-hydrogen) atoms. The number of hydrogen-bond acceptors (Lipinski definition) is 5. The maximum absolute atomic E-state index is 12.4. The Kier molecular flexibility index (Phi) is 5.90. The van der Waals surface area contributed by atoms with Gasteiger partial charge in [0.15, 0.2) is 5.13 Å². The first kappa shape index (κ1) is 18.0. The maximum Gasteiger partial charge on any atom is 0.308 e. The molecule has 2 aromatic carbocycles. The second kappa shape index (κ2) is 8.52. The van der Waals surface area contributed by atoms with Crippen molar-refractivity contribution in [3.05, 3.63) is 71.6 Å². The Morgan fingerprint density at radius 1 is 1.04 bits per heavy atom. The fourth-order valence-corrected chi connectivity index (χ4v) is 4.04. The second-order valence-corrected chi connectivity index (χ2v) is 8.15. The average Bonchev–Trinajstić information content (AvgIpc) is 3.15. The lowest BCUT2D eigenvalue weighted by Crippen LogP contribution is -2.50. The van der Waals surface area contributed by atoms with E-state index in [1.807, 2.05) is 35.7 Å². The molecule has 0 saturated carbocycles. The van der Waals surface area contributed by atoms with Crippen molar-refractivity contribution in [2.75, 3.05) is 11.5 Å². The molecule has 0 spiro atoms. The predicted molar refractivity (Wildman–Crippen MR) is 103 cm³/mol. The molecule has 3 N–H and O–H groups in total. The maximum atomic E-state index is 12.4. The van der Waals surface area contributed by atoms with Gasteiger partial charge >= 0.3 is 8.96 Å². The molecule has 8 heteroatoms. The molecule has 0 aliphatic carbocycles. The van der Waals surface area contributed by atoms with E-state index in [1.165, 1.54) is 11.3 Å². The van der Waals surface area contributed by atoms with E-state index in [2.05, 4.69) is 15.3 Å². The lowest BCUT2D eigenvalue weighted by Gasteiger charge is -2.12. The van der Waals surface area contributed by atoms with E-state index in [-0.39, 0.29) is 5.91 Å². The molecule has 0 bridgehead atoms. The number of nitrogens with zero attached hydrogens (tertiary/aromatic N) is 1. The van der Waals surface area contributed by atoms with Crippen molar-refractivity contribution in [1.82, 2.24) is 9.97 Å². The number of aromatic nitrogens is 1. The molecule has 131 valence electrons. The minimum absolute atomic E-state index is 0.382. The molecule has 0 aliphatic rings. The number of hydrogen-bond donors (Lipinski definition) is 3. The molecule has 0 fully saturated rings. The Hall–Kier alpha value is -2.81. The smallest absolute Gasteiger partial charge is 0.308 e. The Morgan fingerprint density at radius 2 is 1.69 bits per heavy atom. The summed E-state index contributed by atoms with van der Waals surface area (Å²) in [6.45, 7) is 0. The monoisotopic (exact) mass is 382 g/mol. The van der Waals surface area contributed by atoms with Crippen LogP contribution in [0.25, 0.3) is 11.3 Å². The van der Waals surface area contributed by atoms with Gasteiger partial charge in [-0.3, -0.25) is 9.59 Å². The zero-order valence-corrected chi connectivity index (χ0v) is 15.5. The van der Waals surface area contributed by atoms with Crippen LogP contribution in [-0.4, -0.2) is 36.7 Å². The molecule has 1 aromatic heterocycles. The summed E-state index contributed by atoms with van der Waals surface area (Å²) in [5.41, 5.74) is 1.74. The highest BCUT2D eigenvalue weighted by atomic mass is 32.1. The van der Waals surface area contributed by atoms with Crippen LogP contribution in [-0.2, 0) is 0 Å². The van der Waals surface area contributed by atoms with E-state index in [1.54, 1.807) is 30.3 Å². The highest BCUT2D eigenvalue weighted by molar-refractivity contribution is 7.14. The molecule has 2 amide bonds. The molecule has 1 heterocycles. The highest BCUT2D eigenvalue weighted by Crippen LogP contribution is 2.24. The summed E-state index contributed by atoms with van der Waals surface area (Å²) in [5.74, 6) is -0.382. The summed E-state index contributed by atoms with van der Waals surface area (Å²) in [4.78, 5) is 31.6. The van der Waals surface area contributed by atoms with Crippen LogP contribution in [0.3, 0.4) is 0 Å². The van der Waals surface area contributed by atoms with Crippen LogP contribution in [0.15, 0.2) is 66.0 Å². The summed E-state index contributed by atoms with van der Waals surface area (Å²) in [7, 11) is -2.19. The van der Waals surface area contributed by atoms with E-state index in [0.29, 0.717) is 10.7 Å². The normalized spacial score (nSPS) is 10.5. The predicted octanol–water partition coefficient (Wildman–Crippen LogP) is 2.88. The fraction of sp³-hybridized carbons (Fsp3) is 0.0556. The zero-order chi connectivity index (χ0) is 18.4. The molecular weight excluding hydrogens is 366 g/mol. The van der Waals surface area contributed by atoms with Crippen molar-refractivity contribution in [3.63, 3.8) is 0 Å². The molecule has 3 aromatic rings. The van der Waals surface area contributed by atoms with Gasteiger partial charge < -0.3 is 15.4 Å². The first-order chi connectivity index (χ1) is 12.7. The topological polar surface area (TPSA) is 91.3 Å². The third-order valence-corrected chi connectivity index (χ3v) is 5.80. The summed E-state index contributed by atoms with van der Waals surface area (Å²) < 4.78 is 0. The van der Waals surface area contributed by atoms with Crippen LogP contribution in [0.5, 0.6) is 0 Å². The average molecular weight is 382 g/mol. The van der Waals surface area contributed by atoms with Gasteiger partial charge in [-0.1, -0.05) is 48.5 Å². The number of nitrogens with one attached hydrogen (secondary N) is 2. The standard InChI is InChI=1S/C18H16N3O3SSi/c22-12-26(21-16(23)14-9-5-2-6-10-14)18(24)20-17-19-15(11-25-17)13-7-3-1-4-8-13/h1-11,22H,12H2,(H,21,23)(H,19,20,24). The van der Waals surface area contributed by atoms with Crippen LogP contribution < -0.4 is 10.3 Å². The van der Waals surface area contributed by atoms with Gasteiger partial charge in [0.1, 0.15) is 0 Å². The SMILES string of the molecule is O=C(N[Si](CO)C(=O)Nc1nc(-c2ccccc2)cs1)c1ccccc1. The largest absolute Gasteiger partial charge is 0.397 e. The number of carbonyl (C=O) groups is 2. The lowest BCUT2D eigenvalue weighted by atomic mass is 10.2. The number of carbonyl (C=O) groups excluding carboxylic acids is 2. The number of thiazole rings is 1. The quantitative estimate of drug-likeness (QED) is 0.572. The van der Waals surface area contributed by atoms with E-state index in [9.17, 15) is 14.7 Å². The van der Waals surface area contributed by atoms with Crippen LogP contribution in [0.1, 0.15) is 10.4 Å². The van der Waals surface area contributed by atoms with Crippen molar-refractivity contribution in [1.29, 1.82) is 0 Å². The molecule has 6 nitrogen and oxygen atoms in total. The molecule has 3 rings (SSSR count). The number of anilines is 1.